The van der Waals surface area contributed by atoms with Crippen molar-refractivity contribution in [1.29, 1.82) is 0 Å². The molecule has 0 unspecified atom stereocenters. The van der Waals surface area contributed by atoms with Crippen LogP contribution in [0.1, 0.15) is 27.4 Å². The zero-order valence-electron chi connectivity index (χ0n) is 10.2. The second-order valence-corrected chi connectivity index (χ2v) is 6.60. The Morgan fingerprint density at radius 2 is 2.33 bits per heavy atom. The van der Waals surface area contributed by atoms with Crippen LogP contribution in [-0.2, 0) is 0 Å². The van der Waals surface area contributed by atoms with Crippen molar-refractivity contribution in [3.8, 4) is 0 Å². The minimum absolute atomic E-state index is 0.0363. The summed E-state index contributed by atoms with van der Waals surface area (Å²) in [6, 6.07) is 3.69. The number of nitrogens with zero attached hydrogens (tertiary/aromatic N) is 1. The summed E-state index contributed by atoms with van der Waals surface area (Å²) >= 11 is 1.43. The molecular formula is C13H16FNO2S. The van der Waals surface area contributed by atoms with Gasteiger partial charge in [0.05, 0.1) is 17.5 Å². The first-order valence-corrected chi connectivity index (χ1v) is 7.05. The molecule has 1 amide bonds. The monoisotopic (exact) mass is 269 g/mol. The minimum Gasteiger partial charge on any atom is -0.390 e. The second kappa shape index (κ2) is 4.03. The Morgan fingerprint density at radius 1 is 1.56 bits per heavy atom. The van der Waals surface area contributed by atoms with E-state index in [0.29, 0.717) is 24.3 Å². The van der Waals surface area contributed by atoms with Crippen LogP contribution in [0, 0.1) is 12.8 Å². The molecule has 1 aromatic rings. The molecular weight excluding hydrogens is 253 g/mol. The number of aryl methyl sites for hydroxylation is 1. The average Bonchev–Trinajstić information content (AvgIpc) is 2.96. The number of carbonyl (C=O) groups is 1. The van der Waals surface area contributed by atoms with Gasteiger partial charge in [0.2, 0.25) is 0 Å². The first-order valence-electron chi connectivity index (χ1n) is 6.23. The number of aliphatic hydroxyl groups excluding tert-OH is 1. The van der Waals surface area contributed by atoms with Crippen LogP contribution in [0.2, 0.25) is 0 Å². The molecule has 98 valence electrons. The van der Waals surface area contributed by atoms with Gasteiger partial charge in [-0.1, -0.05) is 0 Å². The van der Waals surface area contributed by atoms with Gasteiger partial charge in [0.25, 0.3) is 5.91 Å². The van der Waals surface area contributed by atoms with Crippen molar-refractivity contribution in [2.75, 3.05) is 13.1 Å². The normalized spacial score (nSPS) is 34.9. The summed E-state index contributed by atoms with van der Waals surface area (Å²) in [5, 5.41) is 9.72. The Labute approximate surface area is 109 Å². The number of amides is 1. The number of aliphatic hydroxyl groups is 1. The third-order valence-electron chi connectivity index (χ3n) is 4.13. The van der Waals surface area contributed by atoms with E-state index in [0.717, 1.165) is 4.88 Å². The molecule has 0 spiro atoms. The summed E-state index contributed by atoms with van der Waals surface area (Å²) in [4.78, 5) is 15.5. The zero-order valence-corrected chi connectivity index (χ0v) is 11.0. The molecule has 3 atom stereocenters. The predicted octanol–water partition coefficient (Wildman–Crippen LogP) is 1.99. The highest BCUT2D eigenvalue weighted by Crippen LogP contribution is 2.45. The molecule has 5 heteroatoms. The lowest BCUT2D eigenvalue weighted by Gasteiger charge is -2.23. The average molecular weight is 269 g/mol. The summed E-state index contributed by atoms with van der Waals surface area (Å²) in [6.07, 6.45) is 0.275. The van der Waals surface area contributed by atoms with E-state index in [1.807, 2.05) is 13.0 Å². The molecule has 1 aliphatic carbocycles. The summed E-state index contributed by atoms with van der Waals surface area (Å²) in [5.74, 6) is -0.302. The third kappa shape index (κ3) is 1.68. The van der Waals surface area contributed by atoms with E-state index in [2.05, 4.69) is 0 Å². The molecule has 3 rings (SSSR count). The van der Waals surface area contributed by atoms with Gasteiger partial charge in [-0.05, 0) is 31.9 Å². The maximum absolute atomic E-state index is 14.6. The number of hydrogen-bond donors (Lipinski definition) is 1. The molecule has 18 heavy (non-hydrogen) atoms. The fourth-order valence-corrected chi connectivity index (χ4v) is 3.91. The van der Waals surface area contributed by atoms with Crippen molar-refractivity contribution >= 4 is 17.2 Å². The van der Waals surface area contributed by atoms with Crippen LogP contribution < -0.4 is 0 Å². The Kier molecular flexibility index (Phi) is 2.71. The van der Waals surface area contributed by atoms with E-state index in [9.17, 15) is 14.3 Å². The molecule has 3 nitrogen and oxygen atoms in total. The fourth-order valence-electron chi connectivity index (χ4n) is 3.07. The van der Waals surface area contributed by atoms with Crippen molar-refractivity contribution in [3.63, 3.8) is 0 Å². The fraction of sp³-hybridized carbons (Fsp3) is 0.615. The summed E-state index contributed by atoms with van der Waals surface area (Å²) < 4.78 is 14.6. The number of likely N-dealkylation sites (tertiary alicyclic amines) is 1. The van der Waals surface area contributed by atoms with E-state index >= 15 is 0 Å². The number of fused-ring (bicyclic) bond motifs is 1. The van der Waals surface area contributed by atoms with Crippen molar-refractivity contribution in [3.05, 3.63) is 21.9 Å². The maximum Gasteiger partial charge on any atom is 0.264 e. The van der Waals surface area contributed by atoms with E-state index < -0.39 is 11.8 Å². The zero-order chi connectivity index (χ0) is 12.9. The number of carbonyl (C=O) groups excluding carboxylic acids is 1. The Morgan fingerprint density at radius 3 is 2.94 bits per heavy atom. The highest BCUT2D eigenvalue weighted by atomic mass is 32.1. The Hall–Kier alpha value is -0.940. The van der Waals surface area contributed by atoms with Gasteiger partial charge < -0.3 is 10.0 Å². The number of rotatable bonds is 1. The lowest BCUT2D eigenvalue weighted by Crippen LogP contribution is -2.41. The van der Waals surface area contributed by atoms with Gasteiger partial charge >= 0.3 is 0 Å². The van der Waals surface area contributed by atoms with Crippen molar-refractivity contribution in [2.45, 2.75) is 31.5 Å². The molecule has 2 fully saturated rings. The topological polar surface area (TPSA) is 40.5 Å². The van der Waals surface area contributed by atoms with Gasteiger partial charge in [-0.15, -0.1) is 11.3 Å². The molecule has 1 aromatic heterocycles. The summed E-state index contributed by atoms with van der Waals surface area (Å²) in [7, 11) is 0. The van der Waals surface area contributed by atoms with Crippen LogP contribution in [0.4, 0.5) is 4.39 Å². The molecule has 2 heterocycles. The van der Waals surface area contributed by atoms with Crippen LogP contribution in [0.25, 0.3) is 0 Å². The summed E-state index contributed by atoms with van der Waals surface area (Å²) in [5.41, 5.74) is -1.58. The van der Waals surface area contributed by atoms with Crippen molar-refractivity contribution in [2.24, 2.45) is 5.92 Å². The largest absolute Gasteiger partial charge is 0.390 e. The van der Waals surface area contributed by atoms with Gasteiger partial charge in [-0.3, -0.25) is 4.79 Å². The third-order valence-corrected chi connectivity index (χ3v) is 5.12. The van der Waals surface area contributed by atoms with Gasteiger partial charge in [-0.2, -0.15) is 0 Å². The number of hydrogen-bond acceptors (Lipinski definition) is 3. The molecule has 1 saturated carbocycles. The van der Waals surface area contributed by atoms with Gasteiger partial charge in [0.15, 0.2) is 5.67 Å². The number of halogens is 1. The molecule has 1 N–H and O–H groups in total. The second-order valence-electron chi connectivity index (χ2n) is 5.31. The van der Waals surface area contributed by atoms with Gasteiger partial charge in [0, 0.05) is 17.3 Å². The summed E-state index contributed by atoms with van der Waals surface area (Å²) in [6.45, 7) is 2.42. The molecule has 0 bridgehead atoms. The van der Waals surface area contributed by atoms with Crippen LogP contribution in [-0.4, -0.2) is 40.8 Å². The number of alkyl halides is 1. The smallest absolute Gasteiger partial charge is 0.264 e. The maximum atomic E-state index is 14.6. The van der Waals surface area contributed by atoms with Crippen LogP contribution in [0.15, 0.2) is 12.1 Å². The van der Waals surface area contributed by atoms with Crippen LogP contribution in [0.3, 0.4) is 0 Å². The SMILES string of the molecule is Cc1ccc(C(=O)N2C[C@@H]3CC[C@H](O)[C@]3(F)C2)s1. The number of thiophene rings is 1. The Balaban J connectivity index is 1.79. The lowest BCUT2D eigenvalue weighted by atomic mass is 9.96. The molecule has 0 aromatic carbocycles. The standard InChI is InChI=1S/C13H16FNO2S/c1-8-2-4-10(18-8)12(17)15-6-9-3-5-11(16)13(9,14)7-15/h2,4,9,11,16H,3,5-7H2,1H3/t9-,11-,13-/m0/s1. The predicted molar refractivity (Wildman–Crippen MR) is 67.5 cm³/mol. The van der Waals surface area contributed by atoms with E-state index in [4.69, 9.17) is 0 Å². The minimum atomic E-state index is -1.58. The van der Waals surface area contributed by atoms with Crippen molar-refractivity contribution < 1.29 is 14.3 Å². The van der Waals surface area contributed by atoms with Gasteiger partial charge in [-0.25, -0.2) is 4.39 Å². The molecule has 1 saturated heterocycles. The first kappa shape index (κ1) is 12.1. The van der Waals surface area contributed by atoms with Gasteiger partial charge in [0.1, 0.15) is 0 Å². The first-order chi connectivity index (χ1) is 8.50. The Bertz CT molecular complexity index is 489. The lowest BCUT2D eigenvalue weighted by molar-refractivity contribution is 0.00708. The molecule has 0 radical (unpaired) electrons. The highest BCUT2D eigenvalue weighted by Gasteiger charge is 2.57. The quantitative estimate of drug-likeness (QED) is 0.847. The van der Waals surface area contributed by atoms with Crippen molar-refractivity contribution in [1.82, 2.24) is 4.90 Å². The van der Waals surface area contributed by atoms with Crippen LogP contribution in [0.5, 0.6) is 0 Å². The molecule has 2 aliphatic rings. The van der Waals surface area contributed by atoms with Crippen LogP contribution >= 0.6 is 11.3 Å². The highest BCUT2D eigenvalue weighted by molar-refractivity contribution is 7.13. The van der Waals surface area contributed by atoms with E-state index in [1.54, 1.807) is 11.0 Å². The van der Waals surface area contributed by atoms with E-state index in [1.165, 1.54) is 11.3 Å². The van der Waals surface area contributed by atoms with E-state index in [-0.39, 0.29) is 18.4 Å². The molecule has 1 aliphatic heterocycles.